The molecule has 2 aliphatic rings. The summed E-state index contributed by atoms with van der Waals surface area (Å²) in [5.74, 6) is 2.01. The monoisotopic (exact) mass is 717 g/mol. The smallest absolute Gasteiger partial charge is 0.234 e. The van der Waals surface area contributed by atoms with Gasteiger partial charge in [-0.25, -0.2) is 4.98 Å². The van der Waals surface area contributed by atoms with Crippen LogP contribution in [0.2, 0.25) is 0 Å². The minimum absolute atomic E-state index is 0.0827. The number of para-hydroxylation sites is 2. The Bertz CT molecular complexity index is 2860. The fourth-order valence-electron chi connectivity index (χ4n) is 8.73. The molecule has 56 heavy (non-hydrogen) atoms. The number of nitrogens with zero attached hydrogens (tertiary/aromatic N) is 5. The zero-order valence-corrected chi connectivity index (χ0v) is 30.4. The molecule has 0 amide bonds. The van der Waals surface area contributed by atoms with Gasteiger partial charge in [-0.1, -0.05) is 176 Å². The van der Waals surface area contributed by atoms with E-state index in [-0.39, 0.29) is 12.0 Å². The van der Waals surface area contributed by atoms with Crippen molar-refractivity contribution in [2.24, 2.45) is 0 Å². The van der Waals surface area contributed by atoms with Crippen molar-refractivity contribution in [3.05, 3.63) is 211 Å². The third kappa shape index (κ3) is 5.20. The fraction of sp³-hybridized carbons (Fsp3) is 0.0392. The molecule has 0 N–H and O–H groups in total. The first-order valence-corrected chi connectivity index (χ1v) is 19.1. The molecular weight excluding hydrogens is 683 g/mol. The molecule has 0 bridgehead atoms. The van der Waals surface area contributed by atoms with Crippen LogP contribution in [0.4, 0.5) is 11.6 Å². The Labute approximate surface area is 325 Å². The predicted molar refractivity (Wildman–Crippen MR) is 228 cm³/mol. The van der Waals surface area contributed by atoms with E-state index in [0.29, 0.717) is 17.6 Å². The molecule has 0 saturated carbocycles. The lowest BCUT2D eigenvalue weighted by Gasteiger charge is -2.31. The van der Waals surface area contributed by atoms with E-state index in [9.17, 15) is 0 Å². The minimum Gasteiger partial charge on any atom is -0.309 e. The average molecular weight is 718 g/mol. The highest BCUT2D eigenvalue weighted by atomic mass is 15.3. The standard InChI is InChI=1S/C51H35N5/c1-5-17-34(18-6-1)38-29-30-39(35-19-7-2-8-20-35)46(33-38)55-44-28-16-14-26-42(44)47-45(55)32-31-41-40-25-13-15-27-43(40)56(48(41)47)51-53-49(36-21-9-3-10-22-36)52-50(54-51)37-23-11-4-12-24-37/h1-33,41,48H. The maximum Gasteiger partial charge on any atom is 0.234 e. The summed E-state index contributed by atoms with van der Waals surface area (Å²) < 4.78 is 2.48. The maximum absolute atomic E-state index is 5.29. The third-order valence-electron chi connectivity index (χ3n) is 11.2. The number of fused-ring (bicyclic) bond motifs is 7. The first-order valence-electron chi connectivity index (χ1n) is 19.1. The molecule has 2 atom stereocenters. The molecule has 2 unspecified atom stereocenters. The second-order valence-corrected chi connectivity index (χ2v) is 14.4. The highest BCUT2D eigenvalue weighted by molar-refractivity contribution is 5.95. The average Bonchev–Trinajstić information content (AvgIpc) is 3.80. The molecule has 3 heterocycles. The summed E-state index contributed by atoms with van der Waals surface area (Å²) in [6.45, 7) is 0. The van der Waals surface area contributed by atoms with Crippen LogP contribution in [-0.2, 0) is 0 Å². The van der Waals surface area contributed by atoms with Gasteiger partial charge in [-0.2, -0.15) is 9.97 Å². The summed E-state index contributed by atoms with van der Waals surface area (Å²) >= 11 is 0. The highest BCUT2D eigenvalue weighted by Gasteiger charge is 2.45. The van der Waals surface area contributed by atoms with Gasteiger partial charge in [0.05, 0.1) is 22.9 Å². The molecule has 0 fully saturated rings. The molecule has 0 saturated heterocycles. The van der Waals surface area contributed by atoms with Gasteiger partial charge in [0.2, 0.25) is 5.95 Å². The summed E-state index contributed by atoms with van der Waals surface area (Å²) in [5.41, 5.74) is 13.7. The van der Waals surface area contributed by atoms with E-state index in [1.54, 1.807) is 0 Å². The van der Waals surface area contributed by atoms with Gasteiger partial charge >= 0.3 is 0 Å². The SMILES string of the molecule is C1=CC2c3ccccc3N(c3nc(-c4ccccc4)nc(-c4ccccc4)n3)C2c2c1n(-c1cc(-c3ccccc3)ccc1-c1ccccc1)c1ccccc21. The second-order valence-electron chi connectivity index (χ2n) is 14.4. The quantitative estimate of drug-likeness (QED) is 0.172. The number of benzene rings is 7. The Balaban J connectivity index is 1.17. The molecule has 0 radical (unpaired) electrons. The molecule has 5 heteroatoms. The predicted octanol–water partition coefficient (Wildman–Crippen LogP) is 12.5. The van der Waals surface area contributed by atoms with Crippen molar-refractivity contribution in [3.8, 4) is 50.7 Å². The van der Waals surface area contributed by atoms with Crippen LogP contribution in [0.25, 0.3) is 67.7 Å². The molecule has 2 aromatic heterocycles. The zero-order chi connectivity index (χ0) is 37.0. The van der Waals surface area contributed by atoms with Crippen molar-refractivity contribution in [2.75, 3.05) is 4.90 Å². The second kappa shape index (κ2) is 13.2. The van der Waals surface area contributed by atoms with Crippen molar-refractivity contribution in [1.82, 2.24) is 19.5 Å². The Morgan fingerprint density at radius 2 is 1.02 bits per heavy atom. The maximum atomic E-state index is 5.29. The van der Waals surface area contributed by atoms with Gasteiger partial charge in [0, 0.05) is 39.2 Å². The van der Waals surface area contributed by atoms with Crippen molar-refractivity contribution >= 4 is 28.6 Å². The van der Waals surface area contributed by atoms with Crippen LogP contribution in [0.3, 0.4) is 0 Å². The summed E-state index contributed by atoms with van der Waals surface area (Å²) in [6.07, 6.45) is 4.74. The summed E-state index contributed by atoms with van der Waals surface area (Å²) in [7, 11) is 0. The number of anilines is 2. The highest BCUT2D eigenvalue weighted by Crippen LogP contribution is 2.57. The Kier molecular flexibility index (Phi) is 7.56. The number of hydrogen-bond donors (Lipinski definition) is 0. The summed E-state index contributed by atoms with van der Waals surface area (Å²) in [4.78, 5) is 18.0. The largest absolute Gasteiger partial charge is 0.309 e. The first-order chi connectivity index (χ1) is 27.8. The lowest BCUT2D eigenvalue weighted by Crippen LogP contribution is -2.26. The van der Waals surface area contributed by atoms with Crippen LogP contribution in [0.5, 0.6) is 0 Å². The van der Waals surface area contributed by atoms with Crippen LogP contribution in [-0.4, -0.2) is 19.5 Å². The van der Waals surface area contributed by atoms with Crippen LogP contribution >= 0.6 is 0 Å². The Hall–Kier alpha value is -7.37. The van der Waals surface area contributed by atoms with E-state index < -0.39 is 0 Å². The number of aromatic nitrogens is 4. The number of hydrogen-bond acceptors (Lipinski definition) is 4. The molecule has 7 aromatic carbocycles. The van der Waals surface area contributed by atoms with Gasteiger partial charge in [-0.3, -0.25) is 0 Å². The molecule has 11 rings (SSSR count). The first kappa shape index (κ1) is 32.1. The molecule has 5 nitrogen and oxygen atoms in total. The molecular formula is C51H35N5. The van der Waals surface area contributed by atoms with Gasteiger partial charge in [-0.15, -0.1) is 0 Å². The third-order valence-corrected chi connectivity index (χ3v) is 11.2. The van der Waals surface area contributed by atoms with Gasteiger partial charge in [0.25, 0.3) is 0 Å². The van der Waals surface area contributed by atoms with Crippen LogP contribution in [0, 0.1) is 0 Å². The van der Waals surface area contributed by atoms with Crippen LogP contribution < -0.4 is 4.90 Å². The lowest BCUT2D eigenvalue weighted by molar-refractivity contribution is 0.657. The Morgan fingerprint density at radius 3 is 1.70 bits per heavy atom. The van der Waals surface area contributed by atoms with Crippen molar-refractivity contribution in [2.45, 2.75) is 12.0 Å². The summed E-state index contributed by atoms with van der Waals surface area (Å²) in [6, 6.07) is 66.2. The molecule has 0 spiro atoms. The zero-order valence-electron chi connectivity index (χ0n) is 30.4. The van der Waals surface area contributed by atoms with Crippen LogP contribution in [0.1, 0.15) is 28.8 Å². The number of rotatable bonds is 6. The minimum atomic E-state index is -0.106. The van der Waals surface area contributed by atoms with E-state index in [0.717, 1.165) is 33.7 Å². The van der Waals surface area contributed by atoms with Gasteiger partial charge in [0.1, 0.15) is 0 Å². The van der Waals surface area contributed by atoms with E-state index in [4.69, 9.17) is 15.0 Å². The van der Waals surface area contributed by atoms with Gasteiger partial charge in [0.15, 0.2) is 11.6 Å². The topological polar surface area (TPSA) is 46.8 Å². The van der Waals surface area contributed by atoms with E-state index in [1.807, 2.05) is 36.4 Å². The van der Waals surface area contributed by atoms with E-state index >= 15 is 0 Å². The van der Waals surface area contributed by atoms with Gasteiger partial charge < -0.3 is 9.47 Å². The molecule has 1 aliphatic heterocycles. The van der Waals surface area contributed by atoms with Crippen LogP contribution in [0.15, 0.2) is 194 Å². The molecule has 9 aromatic rings. The van der Waals surface area contributed by atoms with Crippen molar-refractivity contribution < 1.29 is 0 Å². The Morgan fingerprint density at radius 1 is 0.446 bits per heavy atom. The summed E-state index contributed by atoms with van der Waals surface area (Å²) in [5, 5.41) is 1.21. The normalized spacial score (nSPS) is 15.4. The molecule has 1 aliphatic carbocycles. The lowest BCUT2D eigenvalue weighted by atomic mass is 9.84. The van der Waals surface area contributed by atoms with E-state index in [2.05, 4.69) is 173 Å². The van der Waals surface area contributed by atoms with Gasteiger partial charge in [-0.05, 0) is 46.5 Å². The van der Waals surface area contributed by atoms with E-state index in [1.165, 1.54) is 38.8 Å². The van der Waals surface area contributed by atoms with Crippen molar-refractivity contribution in [3.63, 3.8) is 0 Å². The van der Waals surface area contributed by atoms with Crippen molar-refractivity contribution in [1.29, 1.82) is 0 Å². The fourth-order valence-corrected chi connectivity index (χ4v) is 8.73. The molecule has 264 valence electrons.